The zero-order chi connectivity index (χ0) is 12.4. The number of hydrogen-bond acceptors (Lipinski definition) is 3. The van der Waals surface area contributed by atoms with Gasteiger partial charge in [-0.2, -0.15) is 0 Å². The first-order valence-corrected chi connectivity index (χ1v) is 5.99. The maximum absolute atomic E-state index is 5.20. The number of fused-ring (bicyclic) bond motifs is 1. The minimum Gasteiger partial charge on any atom is -0.383 e. The molecule has 0 unspecified atom stereocenters. The van der Waals surface area contributed by atoms with Crippen molar-refractivity contribution in [2.75, 3.05) is 13.7 Å². The highest BCUT2D eigenvalue weighted by Gasteiger charge is 2.13. The van der Waals surface area contributed by atoms with E-state index in [9.17, 15) is 0 Å². The molecule has 2 aromatic rings. The molecule has 0 aliphatic carbocycles. The van der Waals surface area contributed by atoms with Gasteiger partial charge in [-0.3, -0.25) is 4.98 Å². The Kier molecular flexibility index (Phi) is 3.43. The summed E-state index contributed by atoms with van der Waals surface area (Å²) in [6, 6.07) is 0.276. The van der Waals surface area contributed by atoms with Crippen LogP contribution in [0.15, 0.2) is 12.4 Å². The van der Waals surface area contributed by atoms with Crippen molar-refractivity contribution in [1.29, 1.82) is 0 Å². The van der Waals surface area contributed by atoms with E-state index in [1.54, 1.807) is 7.11 Å². The van der Waals surface area contributed by atoms with Crippen LogP contribution in [0.3, 0.4) is 0 Å². The quantitative estimate of drug-likeness (QED) is 0.814. The van der Waals surface area contributed by atoms with Crippen molar-refractivity contribution >= 4 is 11.2 Å². The van der Waals surface area contributed by atoms with E-state index >= 15 is 0 Å². The number of ether oxygens (including phenoxy) is 1. The highest BCUT2D eigenvalue weighted by Crippen LogP contribution is 2.21. The van der Waals surface area contributed by atoms with E-state index in [1.807, 2.05) is 6.20 Å². The van der Waals surface area contributed by atoms with Gasteiger partial charge in [0.15, 0.2) is 5.65 Å². The minimum absolute atomic E-state index is 0.276. The van der Waals surface area contributed by atoms with Gasteiger partial charge in [0.1, 0.15) is 5.52 Å². The average Bonchev–Trinajstić information content (AvgIpc) is 2.66. The first kappa shape index (κ1) is 12.0. The third kappa shape index (κ3) is 2.17. The highest BCUT2D eigenvalue weighted by molar-refractivity contribution is 5.75. The van der Waals surface area contributed by atoms with Crippen LogP contribution in [0.1, 0.15) is 31.1 Å². The van der Waals surface area contributed by atoms with Crippen LogP contribution in [0.25, 0.3) is 11.2 Å². The molecule has 0 spiro atoms. The van der Waals surface area contributed by atoms with Gasteiger partial charge >= 0.3 is 0 Å². The Morgan fingerprint density at radius 3 is 2.88 bits per heavy atom. The molecule has 0 bridgehead atoms. The van der Waals surface area contributed by atoms with Gasteiger partial charge < -0.3 is 9.30 Å². The van der Waals surface area contributed by atoms with E-state index in [1.165, 1.54) is 0 Å². The SMILES string of the molecule is CCc1cnc2c(C)cn([C@@H](C)COC)c2n1. The predicted molar refractivity (Wildman–Crippen MR) is 68.2 cm³/mol. The van der Waals surface area contributed by atoms with Crippen LogP contribution < -0.4 is 0 Å². The van der Waals surface area contributed by atoms with Gasteiger partial charge in [0.25, 0.3) is 0 Å². The van der Waals surface area contributed by atoms with Crippen molar-refractivity contribution < 1.29 is 4.74 Å². The number of nitrogens with zero attached hydrogens (tertiary/aromatic N) is 3. The van der Waals surface area contributed by atoms with Gasteiger partial charge in [-0.25, -0.2) is 4.98 Å². The summed E-state index contributed by atoms with van der Waals surface area (Å²) in [5, 5.41) is 0. The maximum atomic E-state index is 5.20. The van der Waals surface area contributed by atoms with E-state index in [4.69, 9.17) is 4.74 Å². The zero-order valence-corrected chi connectivity index (χ0v) is 10.9. The summed E-state index contributed by atoms with van der Waals surface area (Å²) in [6.45, 7) is 6.97. The number of hydrogen-bond donors (Lipinski definition) is 0. The van der Waals surface area contributed by atoms with Crippen LogP contribution in [0.4, 0.5) is 0 Å². The molecule has 92 valence electrons. The van der Waals surface area contributed by atoms with Gasteiger partial charge in [0, 0.05) is 19.5 Å². The summed E-state index contributed by atoms with van der Waals surface area (Å²) in [7, 11) is 1.72. The van der Waals surface area contributed by atoms with Gasteiger partial charge in [-0.1, -0.05) is 6.92 Å². The second kappa shape index (κ2) is 4.84. The molecule has 2 rings (SSSR count). The summed E-state index contributed by atoms with van der Waals surface area (Å²) in [4.78, 5) is 9.15. The molecule has 4 nitrogen and oxygen atoms in total. The lowest BCUT2D eigenvalue weighted by atomic mass is 10.3. The fourth-order valence-electron chi connectivity index (χ4n) is 2.03. The molecule has 0 aromatic carbocycles. The predicted octanol–water partition coefficient (Wildman–Crippen LogP) is 2.51. The largest absolute Gasteiger partial charge is 0.383 e. The summed E-state index contributed by atoms with van der Waals surface area (Å²) in [5.74, 6) is 0. The maximum Gasteiger partial charge on any atom is 0.159 e. The molecule has 0 saturated carbocycles. The van der Waals surface area contributed by atoms with E-state index < -0.39 is 0 Å². The molecule has 2 aromatic heterocycles. The monoisotopic (exact) mass is 233 g/mol. The summed E-state index contributed by atoms with van der Waals surface area (Å²) < 4.78 is 7.36. The lowest BCUT2D eigenvalue weighted by Gasteiger charge is -2.13. The average molecular weight is 233 g/mol. The van der Waals surface area contributed by atoms with Crippen molar-refractivity contribution in [3.63, 3.8) is 0 Å². The first-order valence-electron chi connectivity index (χ1n) is 5.99. The van der Waals surface area contributed by atoms with E-state index in [2.05, 4.69) is 41.5 Å². The van der Waals surface area contributed by atoms with Gasteiger partial charge in [-0.05, 0) is 25.8 Å². The molecule has 0 aliphatic rings. The van der Waals surface area contributed by atoms with E-state index in [-0.39, 0.29) is 6.04 Å². The van der Waals surface area contributed by atoms with Gasteiger partial charge in [-0.15, -0.1) is 0 Å². The smallest absolute Gasteiger partial charge is 0.159 e. The van der Waals surface area contributed by atoms with Crippen molar-refractivity contribution in [2.24, 2.45) is 0 Å². The lowest BCUT2D eigenvalue weighted by Crippen LogP contribution is -2.10. The molecule has 0 fully saturated rings. The fourth-order valence-corrected chi connectivity index (χ4v) is 2.03. The molecule has 0 radical (unpaired) electrons. The van der Waals surface area contributed by atoms with Crippen LogP contribution >= 0.6 is 0 Å². The van der Waals surface area contributed by atoms with Crippen molar-refractivity contribution in [3.05, 3.63) is 23.7 Å². The van der Waals surface area contributed by atoms with Crippen molar-refractivity contribution in [2.45, 2.75) is 33.2 Å². The molecule has 0 amide bonds. The summed E-state index contributed by atoms with van der Waals surface area (Å²) in [5.41, 5.74) is 4.15. The molecular formula is C13H19N3O. The van der Waals surface area contributed by atoms with Crippen LogP contribution in [0.2, 0.25) is 0 Å². The fraction of sp³-hybridized carbons (Fsp3) is 0.538. The summed E-state index contributed by atoms with van der Waals surface area (Å²) in [6.07, 6.45) is 4.88. The van der Waals surface area contributed by atoms with Gasteiger partial charge in [0.2, 0.25) is 0 Å². The normalized spacial score (nSPS) is 13.2. The van der Waals surface area contributed by atoms with Crippen LogP contribution in [0, 0.1) is 6.92 Å². The minimum atomic E-state index is 0.276. The van der Waals surface area contributed by atoms with Crippen molar-refractivity contribution in [3.8, 4) is 0 Å². The third-order valence-electron chi connectivity index (χ3n) is 3.00. The molecule has 0 aliphatic heterocycles. The lowest BCUT2D eigenvalue weighted by molar-refractivity contribution is 0.163. The number of rotatable bonds is 4. The molecule has 0 N–H and O–H groups in total. The Balaban J connectivity index is 2.54. The standard InChI is InChI=1S/C13H19N3O/c1-5-11-6-14-12-9(2)7-16(13(12)15-11)10(3)8-17-4/h6-7,10H,5,8H2,1-4H3/t10-/m0/s1. The van der Waals surface area contributed by atoms with Crippen molar-refractivity contribution in [1.82, 2.24) is 14.5 Å². The van der Waals surface area contributed by atoms with E-state index in [0.717, 1.165) is 28.8 Å². The molecular weight excluding hydrogens is 214 g/mol. The Bertz CT molecular complexity index is 519. The Labute approximate surface area is 102 Å². The van der Waals surface area contributed by atoms with Crippen LogP contribution in [-0.4, -0.2) is 28.3 Å². The first-order chi connectivity index (χ1) is 8.17. The van der Waals surface area contributed by atoms with Gasteiger partial charge in [0.05, 0.1) is 18.3 Å². The third-order valence-corrected chi connectivity index (χ3v) is 3.00. The molecule has 2 heterocycles. The molecule has 1 atom stereocenters. The second-order valence-electron chi connectivity index (χ2n) is 4.41. The highest BCUT2D eigenvalue weighted by atomic mass is 16.5. The number of aryl methyl sites for hydroxylation is 2. The number of aromatic nitrogens is 3. The molecule has 0 saturated heterocycles. The Morgan fingerprint density at radius 1 is 1.47 bits per heavy atom. The Hall–Kier alpha value is -1.42. The Morgan fingerprint density at radius 2 is 2.24 bits per heavy atom. The van der Waals surface area contributed by atoms with Crippen LogP contribution in [0.5, 0.6) is 0 Å². The number of methoxy groups -OCH3 is 1. The summed E-state index contributed by atoms with van der Waals surface area (Å²) >= 11 is 0. The van der Waals surface area contributed by atoms with Crippen LogP contribution in [-0.2, 0) is 11.2 Å². The topological polar surface area (TPSA) is 39.9 Å². The molecule has 17 heavy (non-hydrogen) atoms. The zero-order valence-electron chi connectivity index (χ0n) is 10.9. The van der Waals surface area contributed by atoms with E-state index in [0.29, 0.717) is 6.61 Å². The second-order valence-corrected chi connectivity index (χ2v) is 4.41. The molecule has 4 heteroatoms.